The minimum absolute atomic E-state index is 0.192. The number of nitrogens with zero attached hydrogens (tertiary/aromatic N) is 3. The largest absolute Gasteiger partial charge is 0.493 e. The van der Waals surface area contributed by atoms with E-state index in [2.05, 4.69) is 15.5 Å². The second kappa shape index (κ2) is 9.33. The molecule has 0 unspecified atom stereocenters. The number of ether oxygens (including phenoxy) is 3. The predicted octanol–water partition coefficient (Wildman–Crippen LogP) is 2.84. The van der Waals surface area contributed by atoms with Crippen LogP contribution in [0.2, 0.25) is 0 Å². The molecule has 1 heterocycles. The third kappa shape index (κ3) is 4.45. The summed E-state index contributed by atoms with van der Waals surface area (Å²) in [6, 6.07) is 11.3. The van der Waals surface area contributed by atoms with Gasteiger partial charge in [-0.25, -0.2) is 10.4 Å². The molecular weight excluding hydrogens is 392 g/mol. The first-order chi connectivity index (χ1) is 14.1. The molecule has 0 atom stereocenters. The molecule has 3 rings (SSSR count). The summed E-state index contributed by atoms with van der Waals surface area (Å²) in [5.41, 5.74) is 5.09. The number of hydrazone groups is 1. The maximum Gasteiger partial charge on any atom is 0.250 e. The van der Waals surface area contributed by atoms with Gasteiger partial charge in [-0.05, 0) is 24.3 Å². The number of hydrogen-bond donors (Lipinski definition) is 1. The number of para-hydroxylation sites is 2. The van der Waals surface area contributed by atoms with Crippen LogP contribution in [0.4, 0.5) is 0 Å². The molecule has 3 aromatic rings. The Morgan fingerprint density at radius 2 is 1.90 bits per heavy atom. The summed E-state index contributed by atoms with van der Waals surface area (Å²) in [4.78, 5) is 16.7. The van der Waals surface area contributed by atoms with Crippen LogP contribution >= 0.6 is 11.8 Å². The number of aromatic nitrogens is 2. The Morgan fingerprint density at radius 1 is 1.14 bits per heavy atom. The third-order valence-electron chi connectivity index (χ3n) is 4.21. The number of benzene rings is 2. The highest BCUT2D eigenvalue weighted by atomic mass is 32.2. The standard InChI is InChI=1S/C20H22N4O4S/c1-24-15-8-6-5-7-14(15)22-20(24)29-12-17(25)23-21-11-13-9-10-16(26-2)19(28-4)18(13)27-3/h5-11H,12H2,1-4H3,(H,23,25)/b21-11+. The van der Waals surface area contributed by atoms with Crippen molar-refractivity contribution in [1.29, 1.82) is 0 Å². The Morgan fingerprint density at radius 3 is 2.59 bits per heavy atom. The van der Waals surface area contributed by atoms with Crippen LogP contribution in [-0.2, 0) is 11.8 Å². The summed E-state index contributed by atoms with van der Waals surface area (Å²) in [5.74, 6) is 1.43. The number of rotatable bonds is 8. The van der Waals surface area contributed by atoms with Crippen LogP contribution in [0.5, 0.6) is 17.2 Å². The van der Waals surface area contributed by atoms with E-state index in [0.717, 1.165) is 16.2 Å². The lowest BCUT2D eigenvalue weighted by Crippen LogP contribution is -2.20. The maximum absolute atomic E-state index is 12.2. The van der Waals surface area contributed by atoms with Crippen LogP contribution in [0.3, 0.4) is 0 Å². The summed E-state index contributed by atoms with van der Waals surface area (Å²) >= 11 is 1.35. The number of aryl methyl sites for hydroxylation is 1. The van der Waals surface area contributed by atoms with E-state index in [1.165, 1.54) is 32.2 Å². The van der Waals surface area contributed by atoms with Gasteiger partial charge in [0.2, 0.25) is 5.75 Å². The molecule has 0 radical (unpaired) electrons. The fourth-order valence-electron chi connectivity index (χ4n) is 2.81. The van der Waals surface area contributed by atoms with Crippen LogP contribution in [-0.4, -0.2) is 48.8 Å². The predicted molar refractivity (Wildman–Crippen MR) is 113 cm³/mol. The normalized spacial score (nSPS) is 11.0. The van der Waals surface area contributed by atoms with Crippen molar-refractivity contribution in [2.75, 3.05) is 27.1 Å². The number of carbonyl (C=O) groups is 1. The van der Waals surface area contributed by atoms with Gasteiger partial charge in [-0.15, -0.1) is 0 Å². The van der Waals surface area contributed by atoms with Gasteiger partial charge in [-0.1, -0.05) is 23.9 Å². The van der Waals surface area contributed by atoms with Crippen molar-refractivity contribution in [1.82, 2.24) is 15.0 Å². The molecule has 9 heteroatoms. The van der Waals surface area contributed by atoms with Crippen molar-refractivity contribution in [3.8, 4) is 17.2 Å². The molecule has 29 heavy (non-hydrogen) atoms. The first-order valence-electron chi connectivity index (χ1n) is 8.74. The zero-order valence-corrected chi connectivity index (χ0v) is 17.4. The third-order valence-corrected chi connectivity index (χ3v) is 5.24. The number of hydrogen-bond acceptors (Lipinski definition) is 7. The van der Waals surface area contributed by atoms with E-state index in [0.29, 0.717) is 22.8 Å². The molecule has 1 N–H and O–H groups in total. The van der Waals surface area contributed by atoms with Crippen molar-refractivity contribution < 1.29 is 19.0 Å². The molecule has 0 saturated heterocycles. The zero-order chi connectivity index (χ0) is 20.8. The van der Waals surface area contributed by atoms with E-state index in [1.54, 1.807) is 19.2 Å². The molecule has 0 fully saturated rings. The molecule has 8 nitrogen and oxygen atoms in total. The lowest BCUT2D eigenvalue weighted by Gasteiger charge is -2.13. The Balaban J connectivity index is 1.63. The molecule has 152 valence electrons. The van der Waals surface area contributed by atoms with E-state index in [4.69, 9.17) is 14.2 Å². The molecular formula is C20H22N4O4S. The van der Waals surface area contributed by atoms with Crippen LogP contribution in [0.1, 0.15) is 5.56 Å². The van der Waals surface area contributed by atoms with E-state index in [9.17, 15) is 4.79 Å². The summed E-state index contributed by atoms with van der Waals surface area (Å²) in [5, 5.41) is 4.79. The fraction of sp³-hybridized carbons (Fsp3) is 0.250. The van der Waals surface area contributed by atoms with E-state index >= 15 is 0 Å². The summed E-state index contributed by atoms with van der Waals surface area (Å²) in [6.45, 7) is 0. The topological polar surface area (TPSA) is 87.0 Å². The molecule has 1 amide bonds. The van der Waals surface area contributed by atoms with Gasteiger partial charge >= 0.3 is 0 Å². The highest BCUT2D eigenvalue weighted by molar-refractivity contribution is 7.99. The lowest BCUT2D eigenvalue weighted by atomic mass is 10.2. The number of fused-ring (bicyclic) bond motifs is 1. The maximum atomic E-state index is 12.2. The molecule has 0 spiro atoms. The smallest absolute Gasteiger partial charge is 0.250 e. The van der Waals surface area contributed by atoms with Gasteiger partial charge in [0, 0.05) is 12.6 Å². The highest BCUT2D eigenvalue weighted by Gasteiger charge is 2.15. The van der Waals surface area contributed by atoms with Gasteiger partial charge < -0.3 is 18.8 Å². The summed E-state index contributed by atoms with van der Waals surface area (Å²) in [6.07, 6.45) is 1.50. The Kier molecular flexibility index (Phi) is 6.61. The highest BCUT2D eigenvalue weighted by Crippen LogP contribution is 2.38. The number of thioether (sulfide) groups is 1. The number of carbonyl (C=O) groups excluding carboxylic acids is 1. The molecule has 0 aliphatic heterocycles. The Labute approximate surface area is 172 Å². The fourth-order valence-corrected chi connectivity index (χ4v) is 3.59. The molecule has 0 bridgehead atoms. The first-order valence-corrected chi connectivity index (χ1v) is 9.72. The van der Waals surface area contributed by atoms with Gasteiger partial charge in [0.05, 0.1) is 44.3 Å². The summed E-state index contributed by atoms with van der Waals surface area (Å²) in [7, 11) is 6.53. The minimum Gasteiger partial charge on any atom is -0.493 e. The first kappa shape index (κ1) is 20.5. The Bertz CT molecular complexity index is 1050. The zero-order valence-electron chi connectivity index (χ0n) is 16.6. The van der Waals surface area contributed by atoms with Gasteiger partial charge in [0.15, 0.2) is 16.7 Å². The Hall–Kier alpha value is -3.20. The van der Waals surface area contributed by atoms with Gasteiger partial charge in [0.1, 0.15) is 0 Å². The number of amides is 1. The molecule has 2 aromatic carbocycles. The van der Waals surface area contributed by atoms with Crippen molar-refractivity contribution >= 4 is 34.9 Å². The van der Waals surface area contributed by atoms with E-state index in [-0.39, 0.29) is 11.7 Å². The van der Waals surface area contributed by atoms with Crippen LogP contribution in [0.25, 0.3) is 11.0 Å². The molecule has 0 aliphatic rings. The second-order valence-electron chi connectivity index (χ2n) is 5.95. The number of imidazole rings is 1. The average molecular weight is 414 g/mol. The van der Waals surface area contributed by atoms with Crippen molar-refractivity contribution in [3.63, 3.8) is 0 Å². The van der Waals surface area contributed by atoms with Gasteiger partial charge in [-0.2, -0.15) is 5.10 Å². The molecule has 0 aliphatic carbocycles. The quantitative estimate of drug-likeness (QED) is 0.347. The van der Waals surface area contributed by atoms with Gasteiger partial charge in [-0.3, -0.25) is 4.79 Å². The molecule has 0 saturated carbocycles. The van der Waals surface area contributed by atoms with Crippen molar-refractivity contribution in [2.24, 2.45) is 12.1 Å². The average Bonchev–Trinajstić information content (AvgIpc) is 3.07. The summed E-state index contributed by atoms with van der Waals surface area (Å²) < 4.78 is 17.9. The lowest BCUT2D eigenvalue weighted by molar-refractivity contribution is -0.118. The number of methoxy groups -OCH3 is 3. The van der Waals surface area contributed by atoms with E-state index < -0.39 is 0 Å². The second-order valence-corrected chi connectivity index (χ2v) is 6.89. The minimum atomic E-state index is -0.238. The van der Waals surface area contributed by atoms with Crippen LogP contribution in [0.15, 0.2) is 46.7 Å². The number of nitrogens with one attached hydrogen (secondary N) is 1. The van der Waals surface area contributed by atoms with Crippen molar-refractivity contribution in [2.45, 2.75) is 5.16 Å². The molecule has 1 aromatic heterocycles. The van der Waals surface area contributed by atoms with E-state index in [1.807, 2.05) is 35.9 Å². The van der Waals surface area contributed by atoms with Crippen LogP contribution in [0, 0.1) is 0 Å². The van der Waals surface area contributed by atoms with Crippen molar-refractivity contribution in [3.05, 3.63) is 42.0 Å². The monoisotopic (exact) mass is 414 g/mol. The van der Waals surface area contributed by atoms with Crippen LogP contribution < -0.4 is 19.6 Å². The SMILES string of the molecule is COc1ccc(/C=N/NC(=O)CSc2nc3ccccc3n2C)c(OC)c1OC. The van der Waals surface area contributed by atoms with Gasteiger partial charge in [0.25, 0.3) is 5.91 Å².